The molecule has 1 heterocycles. The first-order chi connectivity index (χ1) is 11.1. The highest BCUT2D eigenvalue weighted by Gasteiger charge is 2.12. The summed E-state index contributed by atoms with van der Waals surface area (Å²) in [5.41, 5.74) is 0. The van der Waals surface area contributed by atoms with E-state index < -0.39 is 18.3 Å². The van der Waals surface area contributed by atoms with E-state index in [9.17, 15) is 15.3 Å². The lowest BCUT2D eigenvalue weighted by Gasteiger charge is -2.21. The molecule has 0 saturated carbocycles. The molecule has 0 spiro atoms. The number of ether oxygens (including phenoxy) is 1. The van der Waals surface area contributed by atoms with Gasteiger partial charge in [0, 0.05) is 59.5 Å². The fraction of sp³-hybridized carbons (Fsp3) is 1.00. The molecule has 0 bridgehead atoms. The second-order valence-corrected chi connectivity index (χ2v) is 5.45. The van der Waals surface area contributed by atoms with Crippen molar-refractivity contribution >= 4 is 0 Å². The Hall–Kier alpha value is -0.320. The van der Waals surface area contributed by atoms with Gasteiger partial charge in [0.2, 0.25) is 0 Å². The lowest BCUT2D eigenvalue weighted by atomic mass is 10.2. The molecule has 1 aliphatic heterocycles. The Labute approximate surface area is 140 Å². The number of methoxy groups -OCH3 is 1. The Kier molecular flexibility index (Phi) is 15.0. The predicted molar refractivity (Wildman–Crippen MR) is 91.6 cm³/mol. The van der Waals surface area contributed by atoms with Crippen molar-refractivity contribution in [1.29, 1.82) is 0 Å². The Morgan fingerprint density at radius 2 is 0.870 bits per heavy atom. The molecule has 1 fully saturated rings. The van der Waals surface area contributed by atoms with Crippen LogP contribution in [0.15, 0.2) is 0 Å². The molecule has 0 aromatic heterocycles. The molecule has 8 nitrogen and oxygen atoms in total. The minimum Gasteiger partial charge on any atom is -0.390 e. The molecule has 0 aromatic rings. The second-order valence-electron chi connectivity index (χ2n) is 5.45. The van der Waals surface area contributed by atoms with Gasteiger partial charge >= 0.3 is 0 Å². The van der Waals surface area contributed by atoms with Crippen LogP contribution in [0, 0.1) is 0 Å². The molecule has 2 unspecified atom stereocenters. The van der Waals surface area contributed by atoms with E-state index in [4.69, 9.17) is 4.74 Å². The minimum atomic E-state index is -0.545. The number of nitrogens with one attached hydrogen (secondary N) is 4. The van der Waals surface area contributed by atoms with Crippen LogP contribution < -0.4 is 21.3 Å². The number of aliphatic hydroxyl groups is 3. The molecule has 23 heavy (non-hydrogen) atoms. The summed E-state index contributed by atoms with van der Waals surface area (Å²) >= 11 is 0. The van der Waals surface area contributed by atoms with Gasteiger partial charge < -0.3 is 41.3 Å². The highest BCUT2D eigenvalue weighted by atomic mass is 16.5. The van der Waals surface area contributed by atoms with E-state index in [1.54, 1.807) is 7.11 Å². The van der Waals surface area contributed by atoms with E-state index in [0.29, 0.717) is 52.4 Å². The topological polar surface area (TPSA) is 118 Å². The molecule has 1 aliphatic rings. The fourth-order valence-electron chi connectivity index (χ4n) is 2.11. The van der Waals surface area contributed by atoms with Gasteiger partial charge in [0.1, 0.15) is 0 Å². The SMILES string of the molecule is CC.COC1CNCC(O)CNCC(O)CNCC(O)CNC1. The standard InChI is InChI=1S/C13H30N4O4.C2H6/c1-21-13-8-16-6-11(19)4-14-2-10(18)3-15-5-12(20)7-17-9-13;1-2/h10-20H,2-9H2,1H3;1-2H3. The van der Waals surface area contributed by atoms with Gasteiger partial charge in [0.25, 0.3) is 0 Å². The molecular weight excluding hydrogens is 300 g/mol. The van der Waals surface area contributed by atoms with Gasteiger partial charge in [0.05, 0.1) is 24.4 Å². The van der Waals surface area contributed by atoms with Gasteiger partial charge in [-0.25, -0.2) is 0 Å². The first kappa shape index (κ1) is 22.7. The third-order valence-corrected chi connectivity index (χ3v) is 3.36. The summed E-state index contributed by atoms with van der Waals surface area (Å²) in [6.07, 6.45) is -1.58. The molecule has 140 valence electrons. The highest BCUT2D eigenvalue weighted by Crippen LogP contribution is 1.89. The monoisotopic (exact) mass is 336 g/mol. The predicted octanol–water partition coefficient (Wildman–Crippen LogP) is -2.52. The highest BCUT2D eigenvalue weighted by molar-refractivity contribution is 4.73. The fourth-order valence-corrected chi connectivity index (χ4v) is 2.11. The Morgan fingerprint density at radius 1 is 0.609 bits per heavy atom. The van der Waals surface area contributed by atoms with Gasteiger partial charge in [-0.05, 0) is 0 Å². The maximum Gasteiger partial charge on any atom is 0.0819 e. The molecule has 0 aliphatic carbocycles. The van der Waals surface area contributed by atoms with Crippen LogP contribution >= 0.6 is 0 Å². The summed E-state index contributed by atoms with van der Waals surface area (Å²) in [7, 11) is 1.64. The van der Waals surface area contributed by atoms with Gasteiger partial charge in [0.15, 0.2) is 0 Å². The molecule has 0 amide bonds. The largest absolute Gasteiger partial charge is 0.390 e. The van der Waals surface area contributed by atoms with Crippen LogP contribution in [-0.4, -0.2) is 99.2 Å². The summed E-state index contributed by atoms with van der Waals surface area (Å²) in [5.74, 6) is 0. The van der Waals surface area contributed by atoms with E-state index >= 15 is 0 Å². The van der Waals surface area contributed by atoms with Crippen LogP contribution in [0.4, 0.5) is 0 Å². The van der Waals surface area contributed by atoms with Crippen LogP contribution in [-0.2, 0) is 4.74 Å². The van der Waals surface area contributed by atoms with E-state index in [0.717, 1.165) is 0 Å². The lowest BCUT2D eigenvalue weighted by Crippen LogP contribution is -2.46. The van der Waals surface area contributed by atoms with Crippen molar-refractivity contribution < 1.29 is 20.1 Å². The maximum absolute atomic E-state index is 9.79. The third-order valence-electron chi connectivity index (χ3n) is 3.36. The van der Waals surface area contributed by atoms with Crippen LogP contribution in [0.3, 0.4) is 0 Å². The zero-order chi connectivity index (χ0) is 17.5. The number of rotatable bonds is 1. The third kappa shape index (κ3) is 12.7. The van der Waals surface area contributed by atoms with E-state index in [1.165, 1.54) is 0 Å². The van der Waals surface area contributed by atoms with E-state index in [1.807, 2.05) is 13.8 Å². The summed E-state index contributed by atoms with van der Waals surface area (Å²) in [6.45, 7) is 7.81. The molecular formula is C15H36N4O4. The van der Waals surface area contributed by atoms with E-state index in [-0.39, 0.29) is 6.10 Å². The second kappa shape index (κ2) is 15.2. The van der Waals surface area contributed by atoms with Gasteiger partial charge in [-0.2, -0.15) is 0 Å². The zero-order valence-electron chi connectivity index (χ0n) is 14.7. The molecule has 1 rings (SSSR count). The van der Waals surface area contributed by atoms with E-state index in [2.05, 4.69) is 21.3 Å². The van der Waals surface area contributed by atoms with Crippen LogP contribution in [0.5, 0.6) is 0 Å². The van der Waals surface area contributed by atoms with Crippen molar-refractivity contribution in [1.82, 2.24) is 21.3 Å². The van der Waals surface area contributed by atoms with Crippen molar-refractivity contribution in [3.05, 3.63) is 0 Å². The van der Waals surface area contributed by atoms with Crippen molar-refractivity contribution in [2.45, 2.75) is 38.3 Å². The Bertz CT molecular complexity index is 240. The average molecular weight is 336 g/mol. The molecule has 7 N–H and O–H groups in total. The first-order valence-corrected chi connectivity index (χ1v) is 8.51. The van der Waals surface area contributed by atoms with Crippen molar-refractivity contribution in [3.8, 4) is 0 Å². The molecule has 8 heteroatoms. The Morgan fingerprint density at radius 3 is 1.13 bits per heavy atom. The summed E-state index contributed by atoms with van der Waals surface area (Å²) in [6, 6.07) is 0. The van der Waals surface area contributed by atoms with Crippen LogP contribution in [0.25, 0.3) is 0 Å². The lowest BCUT2D eigenvalue weighted by molar-refractivity contribution is 0.0868. The van der Waals surface area contributed by atoms with Crippen molar-refractivity contribution in [2.75, 3.05) is 59.5 Å². The van der Waals surface area contributed by atoms with Gasteiger partial charge in [-0.1, -0.05) is 13.8 Å². The molecule has 1 saturated heterocycles. The van der Waals surface area contributed by atoms with Crippen LogP contribution in [0.2, 0.25) is 0 Å². The molecule has 0 radical (unpaired) electrons. The number of hydrogen-bond donors (Lipinski definition) is 7. The summed E-state index contributed by atoms with van der Waals surface area (Å²) in [4.78, 5) is 0. The first-order valence-electron chi connectivity index (χ1n) is 8.51. The van der Waals surface area contributed by atoms with Gasteiger partial charge in [-0.3, -0.25) is 0 Å². The molecule has 2 atom stereocenters. The quantitative estimate of drug-likeness (QED) is 0.280. The van der Waals surface area contributed by atoms with Crippen LogP contribution in [0.1, 0.15) is 13.8 Å². The number of hydrogen-bond acceptors (Lipinski definition) is 8. The van der Waals surface area contributed by atoms with Crippen molar-refractivity contribution in [2.24, 2.45) is 0 Å². The number of aliphatic hydroxyl groups excluding tert-OH is 3. The molecule has 0 aromatic carbocycles. The zero-order valence-corrected chi connectivity index (χ0v) is 14.7. The maximum atomic E-state index is 9.79. The van der Waals surface area contributed by atoms with Gasteiger partial charge in [-0.15, -0.1) is 0 Å². The minimum absolute atomic E-state index is 0.0138. The average Bonchev–Trinajstić information content (AvgIpc) is 2.54. The number of β-amino-alcohol motifs (C(OH)–C–C–N with tert-alkyl or cyclic N) is 3. The van der Waals surface area contributed by atoms with Crippen molar-refractivity contribution in [3.63, 3.8) is 0 Å². The normalized spacial score (nSPS) is 32.6. The smallest absolute Gasteiger partial charge is 0.0819 e. The summed E-state index contributed by atoms with van der Waals surface area (Å²) in [5, 5.41) is 41.6. The Balaban J connectivity index is 0.00000232. The summed E-state index contributed by atoms with van der Waals surface area (Å²) < 4.78 is 5.33.